The molecule has 0 N–H and O–H groups in total. The zero-order valence-corrected chi connectivity index (χ0v) is 16.4. The van der Waals surface area contributed by atoms with Crippen LogP contribution < -0.4 is 4.74 Å². The topological polar surface area (TPSA) is 51.5 Å². The molecule has 0 aliphatic heterocycles. The van der Waals surface area contributed by atoms with Crippen molar-refractivity contribution in [3.63, 3.8) is 0 Å². The molecule has 3 aromatic rings. The van der Waals surface area contributed by atoms with Crippen LogP contribution in [0.3, 0.4) is 0 Å². The summed E-state index contributed by atoms with van der Waals surface area (Å²) in [6.45, 7) is 2.71. The highest BCUT2D eigenvalue weighted by molar-refractivity contribution is 7.90. The second-order valence-corrected chi connectivity index (χ2v) is 8.37. The fourth-order valence-corrected chi connectivity index (χ4v) is 4.82. The Morgan fingerprint density at radius 2 is 1.77 bits per heavy atom. The van der Waals surface area contributed by atoms with Crippen molar-refractivity contribution in [1.29, 1.82) is 0 Å². The molecule has 2 aromatic carbocycles. The molecule has 0 unspecified atom stereocenters. The van der Waals surface area contributed by atoms with Gasteiger partial charge in [0.1, 0.15) is 5.75 Å². The van der Waals surface area contributed by atoms with Gasteiger partial charge in [-0.3, -0.25) is 0 Å². The summed E-state index contributed by atoms with van der Waals surface area (Å²) in [6.07, 6.45) is 0.764. The molecule has 5 nitrogen and oxygen atoms in total. The molecule has 0 fully saturated rings. The first kappa shape index (κ1) is 18.5. The average molecular weight is 372 g/mol. The molecule has 3 rings (SSSR count). The average Bonchev–Trinajstić information content (AvgIpc) is 2.91. The Labute approximate surface area is 154 Å². The summed E-state index contributed by atoms with van der Waals surface area (Å²) in [6, 6.07) is 14.1. The van der Waals surface area contributed by atoms with E-state index in [0.717, 1.165) is 35.4 Å². The van der Waals surface area contributed by atoms with Crippen LogP contribution in [-0.4, -0.2) is 45.0 Å². The summed E-state index contributed by atoms with van der Waals surface area (Å²) >= 11 is 0. The van der Waals surface area contributed by atoms with E-state index in [4.69, 9.17) is 4.74 Å². The third kappa shape index (κ3) is 3.22. The Kier molecular flexibility index (Phi) is 5.07. The Balaban J connectivity index is 2.27. The lowest BCUT2D eigenvalue weighted by Crippen LogP contribution is -2.17. The molecule has 0 amide bonds. The van der Waals surface area contributed by atoms with Gasteiger partial charge in [0, 0.05) is 17.6 Å². The minimum Gasteiger partial charge on any atom is -0.497 e. The SMILES string of the molecule is COc1ccc2c(c1)c(CCN(C)C)c(C)n2S(=O)(=O)c1ccccc1. The van der Waals surface area contributed by atoms with Gasteiger partial charge in [0.05, 0.1) is 17.5 Å². The number of benzene rings is 2. The van der Waals surface area contributed by atoms with Crippen molar-refractivity contribution in [1.82, 2.24) is 8.87 Å². The lowest BCUT2D eigenvalue weighted by atomic mass is 10.1. The van der Waals surface area contributed by atoms with Gasteiger partial charge in [-0.2, -0.15) is 0 Å². The Bertz CT molecular complexity index is 1020. The molecule has 26 heavy (non-hydrogen) atoms. The molecule has 0 aliphatic rings. The number of methoxy groups -OCH3 is 1. The normalized spacial score (nSPS) is 12.0. The number of likely N-dealkylation sites (N-methyl/N-ethyl adjacent to an activating group) is 1. The van der Waals surface area contributed by atoms with Crippen molar-refractivity contribution in [2.75, 3.05) is 27.7 Å². The maximum absolute atomic E-state index is 13.3. The van der Waals surface area contributed by atoms with Gasteiger partial charge in [-0.1, -0.05) is 18.2 Å². The fourth-order valence-electron chi connectivity index (χ4n) is 3.22. The maximum Gasteiger partial charge on any atom is 0.268 e. The van der Waals surface area contributed by atoms with E-state index in [1.807, 2.05) is 39.2 Å². The summed E-state index contributed by atoms with van der Waals surface area (Å²) in [7, 11) is 1.96. The van der Waals surface area contributed by atoms with Crippen LogP contribution >= 0.6 is 0 Å². The van der Waals surface area contributed by atoms with Crippen molar-refractivity contribution in [3.05, 3.63) is 59.8 Å². The van der Waals surface area contributed by atoms with E-state index >= 15 is 0 Å². The second-order valence-electron chi connectivity index (χ2n) is 6.58. The highest BCUT2D eigenvalue weighted by Gasteiger charge is 2.25. The molecular formula is C20H24N2O3S. The molecule has 1 heterocycles. The predicted octanol–water partition coefficient (Wildman–Crippen LogP) is 3.30. The highest BCUT2D eigenvalue weighted by Crippen LogP contribution is 2.32. The second kappa shape index (κ2) is 7.13. The number of ether oxygens (including phenoxy) is 1. The van der Waals surface area contributed by atoms with Crippen molar-refractivity contribution in [2.24, 2.45) is 0 Å². The smallest absolute Gasteiger partial charge is 0.268 e. The van der Waals surface area contributed by atoms with Gasteiger partial charge in [-0.15, -0.1) is 0 Å². The first-order valence-electron chi connectivity index (χ1n) is 8.49. The molecule has 0 radical (unpaired) electrons. The standard InChI is InChI=1S/C20H24N2O3S/c1-15-18(12-13-21(2)3)19-14-16(25-4)10-11-20(19)22(15)26(23,24)17-8-6-5-7-9-17/h5-11,14H,12-13H2,1-4H3. The molecule has 0 saturated heterocycles. The van der Waals surface area contributed by atoms with Gasteiger partial charge in [-0.25, -0.2) is 12.4 Å². The largest absolute Gasteiger partial charge is 0.497 e. The van der Waals surface area contributed by atoms with E-state index in [-0.39, 0.29) is 4.90 Å². The molecule has 0 aliphatic carbocycles. The molecule has 138 valence electrons. The van der Waals surface area contributed by atoms with E-state index in [1.165, 1.54) is 3.97 Å². The summed E-state index contributed by atoms with van der Waals surface area (Å²) in [5.74, 6) is 0.720. The molecule has 0 bridgehead atoms. The van der Waals surface area contributed by atoms with Gasteiger partial charge in [-0.05, 0) is 63.3 Å². The monoisotopic (exact) mass is 372 g/mol. The quantitative estimate of drug-likeness (QED) is 0.666. The summed E-state index contributed by atoms with van der Waals surface area (Å²) in [5.41, 5.74) is 2.46. The van der Waals surface area contributed by atoms with Crippen molar-refractivity contribution >= 4 is 20.9 Å². The summed E-state index contributed by atoms with van der Waals surface area (Å²) < 4.78 is 33.4. The lowest BCUT2D eigenvalue weighted by molar-refractivity contribution is 0.413. The minimum atomic E-state index is -3.67. The van der Waals surface area contributed by atoms with Crippen molar-refractivity contribution < 1.29 is 13.2 Å². The Morgan fingerprint density at radius 3 is 2.38 bits per heavy atom. The summed E-state index contributed by atoms with van der Waals surface area (Å²) in [5, 5.41) is 0.920. The third-order valence-corrected chi connectivity index (χ3v) is 6.40. The molecular weight excluding hydrogens is 348 g/mol. The van der Waals surface area contributed by atoms with Crippen LogP contribution in [0.1, 0.15) is 11.3 Å². The van der Waals surface area contributed by atoms with Crippen LogP contribution in [-0.2, 0) is 16.4 Å². The van der Waals surface area contributed by atoms with Crippen molar-refractivity contribution in [2.45, 2.75) is 18.2 Å². The molecule has 6 heteroatoms. The van der Waals surface area contributed by atoms with E-state index in [2.05, 4.69) is 4.90 Å². The van der Waals surface area contributed by atoms with E-state index in [1.54, 1.807) is 37.4 Å². The van der Waals surface area contributed by atoms with Crippen LogP contribution in [0.15, 0.2) is 53.4 Å². The molecule has 0 atom stereocenters. The minimum absolute atomic E-state index is 0.287. The third-order valence-electron chi connectivity index (χ3n) is 4.58. The number of rotatable bonds is 6. The first-order chi connectivity index (χ1) is 12.4. The van der Waals surface area contributed by atoms with Crippen LogP contribution in [0.2, 0.25) is 0 Å². The van der Waals surface area contributed by atoms with Crippen LogP contribution in [0.25, 0.3) is 10.9 Å². The van der Waals surface area contributed by atoms with E-state index in [0.29, 0.717) is 5.52 Å². The van der Waals surface area contributed by atoms with Gasteiger partial charge in [0.25, 0.3) is 10.0 Å². The predicted molar refractivity (Wildman–Crippen MR) is 105 cm³/mol. The van der Waals surface area contributed by atoms with Crippen molar-refractivity contribution in [3.8, 4) is 5.75 Å². The van der Waals surface area contributed by atoms with Crippen LogP contribution in [0.5, 0.6) is 5.75 Å². The Morgan fingerprint density at radius 1 is 1.08 bits per heavy atom. The van der Waals surface area contributed by atoms with Gasteiger partial charge in [0.15, 0.2) is 0 Å². The Hall–Kier alpha value is -2.31. The number of hydrogen-bond acceptors (Lipinski definition) is 4. The number of aromatic nitrogens is 1. The fraction of sp³-hybridized carbons (Fsp3) is 0.300. The molecule has 0 saturated carbocycles. The first-order valence-corrected chi connectivity index (χ1v) is 9.93. The zero-order valence-electron chi connectivity index (χ0n) is 15.6. The van der Waals surface area contributed by atoms with E-state index in [9.17, 15) is 8.42 Å². The number of nitrogens with zero attached hydrogens (tertiary/aromatic N) is 2. The highest BCUT2D eigenvalue weighted by atomic mass is 32.2. The van der Waals surface area contributed by atoms with Gasteiger partial charge < -0.3 is 9.64 Å². The maximum atomic E-state index is 13.3. The zero-order chi connectivity index (χ0) is 18.9. The van der Waals surface area contributed by atoms with Crippen LogP contribution in [0.4, 0.5) is 0 Å². The molecule has 1 aromatic heterocycles. The van der Waals surface area contributed by atoms with Gasteiger partial charge >= 0.3 is 0 Å². The lowest BCUT2D eigenvalue weighted by Gasteiger charge is -2.11. The molecule has 0 spiro atoms. The van der Waals surface area contributed by atoms with Crippen LogP contribution in [0, 0.1) is 6.92 Å². The number of fused-ring (bicyclic) bond motifs is 1. The number of hydrogen-bond donors (Lipinski definition) is 0. The van der Waals surface area contributed by atoms with E-state index < -0.39 is 10.0 Å². The summed E-state index contributed by atoms with van der Waals surface area (Å²) in [4.78, 5) is 2.38. The van der Waals surface area contributed by atoms with Gasteiger partial charge in [0.2, 0.25) is 0 Å².